The van der Waals surface area contributed by atoms with E-state index in [1.807, 2.05) is 42.5 Å². The first-order valence-corrected chi connectivity index (χ1v) is 11.6. The fraction of sp³-hybridized carbons (Fsp3) is 0.222. The Labute approximate surface area is 201 Å². The quantitative estimate of drug-likeness (QED) is 0.336. The Morgan fingerprint density at radius 2 is 1.85 bits per heavy atom. The highest BCUT2D eigenvalue weighted by Gasteiger charge is 2.27. The van der Waals surface area contributed by atoms with Crippen LogP contribution in [0.3, 0.4) is 0 Å². The van der Waals surface area contributed by atoms with Crippen LogP contribution in [0.2, 0.25) is 5.02 Å². The molecular formula is C27H23ClFN3O2. The number of hydrogen-bond acceptors (Lipinski definition) is 3. The fourth-order valence-corrected chi connectivity index (χ4v) is 4.81. The molecule has 5 rings (SSSR count). The van der Waals surface area contributed by atoms with Gasteiger partial charge in [-0.15, -0.1) is 0 Å². The van der Waals surface area contributed by atoms with E-state index >= 15 is 0 Å². The maximum absolute atomic E-state index is 13.6. The van der Waals surface area contributed by atoms with Crippen molar-refractivity contribution in [2.45, 2.75) is 19.8 Å². The molecule has 5 nitrogen and oxygen atoms in total. The van der Waals surface area contributed by atoms with Gasteiger partial charge in [0.2, 0.25) is 5.91 Å². The van der Waals surface area contributed by atoms with Crippen molar-refractivity contribution in [2.24, 2.45) is 5.92 Å². The van der Waals surface area contributed by atoms with E-state index < -0.39 is 0 Å². The van der Waals surface area contributed by atoms with Crippen LogP contribution in [-0.4, -0.2) is 39.5 Å². The number of benzene rings is 3. The summed E-state index contributed by atoms with van der Waals surface area (Å²) in [6.45, 7) is 2.88. The summed E-state index contributed by atoms with van der Waals surface area (Å²) in [4.78, 5) is 26.6. The third-order valence-corrected chi connectivity index (χ3v) is 6.74. The fourth-order valence-electron chi connectivity index (χ4n) is 4.58. The molecule has 34 heavy (non-hydrogen) atoms. The van der Waals surface area contributed by atoms with Crippen LogP contribution in [0, 0.1) is 11.7 Å². The molecule has 1 fully saturated rings. The maximum Gasteiger partial charge on any atom is 0.219 e. The third kappa shape index (κ3) is 4.21. The van der Waals surface area contributed by atoms with Crippen LogP contribution in [0.1, 0.15) is 30.1 Å². The molecular weight excluding hydrogens is 453 g/mol. The summed E-state index contributed by atoms with van der Waals surface area (Å²) in [6.07, 6.45) is 1.22. The Morgan fingerprint density at radius 3 is 2.56 bits per heavy atom. The number of carbonyl (C=O) groups excluding carboxylic acids is 2. The van der Waals surface area contributed by atoms with Gasteiger partial charge in [-0.2, -0.15) is 5.10 Å². The standard InChI is InChI=1S/C27H23ClFN3O2/c1-17(33)31-13-12-18(16-31)14-26(34)19-6-11-23-25(15-19)32(21-9-7-20(29)8-10-21)30-27(23)22-4-2-3-5-24(22)28/h2-11,15,18H,12-14,16H2,1H3/t18-/m1/s1. The minimum atomic E-state index is -0.335. The number of amides is 1. The second-order valence-corrected chi connectivity index (χ2v) is 9.10. The van der Waals surface area contributed by atoms with Crippen molar-refractivity contribution in [1.29, 1.82) is 0 Å². The van der Waals surface area contributed by atoms with Crippen LogP contribution in [-0.2, 0) is 4.79 Å². The minimum Gasteiger partial charge on any atom is -0.343 e. The molecule has 1 atom stereocenters. The Morgan fingerprint density at radius 1 is 1.09 bits per heavy atom. The lowest BCUT2D eigenvalue weighted by molar-refractivity contribution is -0.127. The molecule has 0 spiro atoms. The zero-order valence-electron chi connectivity index (χ0n) is 18.7. The molecule has 0 saturated carbocycles. The lowest BCUT2D eigenvalue weighted by Gasteiger charge is -2.13. The normalized spacial score (nSPS) is 15.7. The number of likely N-dealkylation sites (tertiary alicyclic amines) is 1. The van der Waals surface area contributed by atoms with Crippen LogP contribution in [0.5, 0.6) is 0 Å². The Bertz CT molecular complexity index is 1400. The molecule has 1 aliphatic rings. The smallest absolute Gasteiger partial charge is 0.219 e. The van der Waals surface area contributed by atoms with Gasteiger partial charge in [-0.3, -0.25) is 9.59 Å². The van der Waals surface area contributed by atoms with Gasteiger partial charge in [0.1, 0.15) is 11.5 Å². The molecule has 0 bridgehead atoms. The van der Waals surface area contributed by atoms with Gasteiger partial charge in [0.15, 0.2) is 5.78 Å². The second-order valence-electron chi connectivity index (χ2n) is 8.70. The van der Waals surface area contributed by atoms with Crippen LogP contribution in [0.25, 0.3) is 27.8 Å². The van der Waals surface area contributed by atoms with E-state index in [1.165, 1.54) is 12.1 Å². The summed E-state index contributed by atoms with van der Waals surface area (Å²) in [5.74, 6) is -0.0958. The van der Waals surface area contributed by atoms with Crippen LogP contribution in [0.4, 0.5) is 4.39 Å². The zero-order chi connectivity index (χ0) is 23.8. The van der Waals surface area contributed by atoms with E-state index in [4.69, 9.17) is 16.7 Å². The number of rotatable bonds is 5. The van der Waals surface area contributed by atoms with Crippen molar-refractivity contribution in [2.75, 3.05) is 13.1 Å². The molecule has 2 heterocycles. The molecule has 3 aromatic carbocycles. The predicted octanol–water partition coefficient (Wildman–Crippen LogP) is 5.93. The summed E-state index contributed by atoms with van der Waals surface area (Å²) in [6, 6.07) is 19.1. The van der Waals surface area contributed by atoms with E-state index in [0.717, 1.165) is 22.9 Å². The molecule has 7 heteroatoms. The summed E-state index contributed by atoms with van der Waals surface area (Å²) in [7, 11) is 0. The highest BCUT2D eigenvalue weighted by Crippen LogP contribution is 2.35. The molecule has 0 radical (unpaired) electrons. The SMILES string of the molecule is CC(=O)N1CC[C@H](CC(=O)c2ccc3c(-c4ccccc4Cl)nn(-c4ccc(F)cc4)c3c2)C1. The van der Waals surface area contributed by atoms with Gasteiger partial charge in [0, 0.05) is 42.9 Å². The summed E-state index contributed by atoms with van der Waals surface area (Å²) in [5.41, 5.74) is 3.48. The lowest BCUT2D eigenvalue weighted by atomic mass is 9.96. The molecule has 0 aliphatic carbocycles. The first-order valence-electron chi connectivity index (χ1n) is 11.2. The molecule has 4 aromatic rings. The second kappa shape index (κ2) is 9.03. The zero-order valence-corrected chi connectivity index (χ0v) is 19.4. The Kier molecular flexibility index (Phi) is 5.92. The monoisotopic (exact) mass is 475 g/mol. The van der Waals surface area contributed by atoms with E-state index in [1.54, 1.807) is 28.6 Å². The number of hydrogen-bond donors (Lipinski definition) is 0. The van der Waals surface area contributed by atoms with Gasteiger partial charge in [-0.1, -0.05) is 35.9 Å². The molecule has 1 aliphatic heterocycles. The van der Waals surface area contributed by atoms with Crippen molar-refractivity contribution >= 4 is 34.2 Å². The largest absolute Gasteiger partial charge is 0.343 e. The number of Topliss-reactive ketones (excluding diaryl/α,β-unsaturated/α-hetero) is 1. The van der Waals surface area contributed by atoms with E-state index in [0.29, 0.717) is 41.5 Å². The van der Waals surface area contributed by atoms with Gasteiger partial charge in [-0.05, 0) is 54.8 Å². The van der Waals surface area contributed by atoms with Crippen LogP contribution in [0.15, 0.2) is 66.7 Å². The van der Waals surface area contributed by atoms with Gasteiger partial charge in [-0.25, -0.2) is 9.07 Å². The Hall–Kier alpha value is -3.51. The van der Waals surface area contributed by atoms with Crippen molar-refractivity contribution in [1.82, 2.24) is 14.7 Å². The summed E-state index contributed by atoms with van der Waals surface area (Å²) < 4.78 is 15.3. The summed E-state index contributed by atoms with van der Waals surface area (Å²) >= 11 is 6.47. The van der Waals surface area contributed by atoms with E-state index in [9.17, 15) is 14.0 Å². The van der Waals surface area contributed by atoms with Crippen molar-refractivity contribution < 1.29 is 14.0 Å². The number of carbonyl (C=O) groups is 2. The molecule has 1 aromatic heterocycles. The number of ketones is 1. The minimum absolute atomic E-state index is 0.0310. The lowest BCUT2D eigenvalue weighted by Crippen LogP contribution is -2.26. The highest BCUT2D eigenvalue weighted by molar-refractivity contribution is 6.33. The Balaban J connectivity index is 1.55. The van der Waals surface area contributed by atoms with E-state index in [2.05, 4.69) is 0 Å². The van der Waals surface area contributed by atoms with Crippen LogP contribution >= 0.6 is 11.6 Å². The number of aromatic nitrogens is 2. The summed E-state index contributed by atoms with van der Waals surface area (Å²) in [5, 5.41) is 6.23. The first-order chi connectivity index (χ1) is 16.4. The first kappa shape index (κ1) is 22.3. The number of nitrogens with zero attached hydrogens (tertiary/aromatic N) is 3. The number of fused-ring (bicyclic) bond motifs is 1. The van der Waals surface area contributed by atoms with Gasteiger partial charge in [0.25, 0.3) is 0 Å². The predicted molar refractivity (Wildman–Crippen MR) is 131 cm³/mol. The van der Waals surface area contributed by atoms with Crippen molar-refractivity contribution in [3.63, 3.8) is 0 Å². The van der Waals surface area contributed by atoms with Gasteiger partial charge < -0.3 is 4.90 Å². The van der Waals surface area contributed by atoms with Crippen LogP contribution < -0.4 is 0 Å². The average Bonchev–Trinajstić information content (AvgIpc) is 3.45. The average molecular weight is 476 g/mol. The molecule has 172 valence electrons. The molecule has 1 saturated heterocycles. The third-order valence-electron chi connectivity index (χ3n) is 6.41. The van der Waals surface area contributed by atoms with Gasteiger partial charge >= 0.3 is 0 Å². The van der Waals surface area contributed by atoms with Gasteiger partial charge in [0.05, 0.1) is 16.2 Å². The number of halogens is 2. The van der Waals surface area contributed by atoms with Crippen molar-refractivity contribution in [3.8, 4) is 16.9 Å². The van der Waals surface area contributed by atoms with Crippen molar-refractivity contribution in [3.05, 3.63) is 83.1 Å². The molecule has 1 amide bonds. The van der Waals surface area contributed by atoms with E-state index in [-0.39, 0.29) is 23.4 Å². The molecule has 0 N–H and O–H groups in total. The maximum atomic E-state index is 13.6. The highest BCUT2D eigenvalue weighted by atomic mass is 35.5. The molecule has 0 unspecified atom stereocenters. The topological polar surface area (TPSA) is 55.2 Å².